The first-order valence-electron chi connectivity index (χ1n) is 12.1. The number of rotatable bonds is 7. The van der Waals surface area contributed by atoms with Crippen LogP contribution in [0.1, 0.15) is 69.2 Å². The number of halogens is 4. The lowest BCUT2D eigenvalue weighted by atomic mass is 9.79. The molecule has 4 saturated carbocycles. The van der Waals surface area contributed by atoms with Crippen molar-refractivity contribution >= 4 is 11.6 Å². The van der Waals surface area contributed by atoms with E-state index < -0.39 is 29.2 Å². The number of nitrogens with one attached hydrogen (secondary N) is 1. The second-order valence-electron chi connectivity index (χ2n) is 11.3. The van der Waals surface area contributed by atoms with Crippen molar-refractivity contribution in [1.29, 1.82) is 0 Å². The summed E-state index contributed by atoms with van der Waals surface area (Å²) in [5.41, 5.74) is 7.80. The second-order valence-corrected chi connectivity index (χ2v) is 11.3. The van der Waals surface area contributed by atoms with E-state index in [1.807, 2.05) is 13.0 Å². The maximum absolute atomic E-state index is 13.6. The van der Waals surface area contributed by atoms with E-state index in [2.05, 4.69) is 15.4 Å². The quantitative estimate of drug-likeness (QED) is 0.583. The highest BCUT2D eigenvalue weighted by Crippen LogP contribution is 2.67. The Labute approximate surface area is 194 Å². The summed E-state index contributed by atoms with van der Waals surface area (Å²) in [5, 5.41) is 7.49. The van der Waals surface area contributed by atoms with Gasteiger partial charge in [-0.15, -0.1) is 0 Å². The molecule has 0 bridgehead atoms. The number of fused-ring (bicyclic) bond motifs is 2. The molecule has 4 fully saturated rings. The Morgan fingerprint density at radius 3 is 2.56 bits per heavy atom. The van der Waals surface area contributed by atoms with Crippen LogP contribution in [0.2, 0.25) is 0 Å². The van der Waals surface area contributed by atoms with E-state index in [1.165, 1.54) is 0 Å². The van der Waals surface area contributed by atoms with Gasteiger partial charge in [-0.3, -0.25) is 4.79 Å². The highest BCUT2D eigenvalue weighted by molar-refractivity contribution is 5.77. The topological polar surface area (TPSA) is 85.3 Å². The van der Waals surface area contributed by atoms with Crippen molar-refractivity contribution in [2.24, 2.45) is 35.3 Å². The van der Waals surface area contributed by atoms with Crippen molar-refractivity contribution in [3.63, 3.8) is 0 Å². The predicted molar refractivity (Wildman–Crippen MR) is 115 cm³/mol. The molecule has 0 radical (unpaired) electrons. The first-order chi connectivity index (χ1) is 15.9. The van der Waals surface area contributed by atoms with Gasteiger partial charge >= 0.3 is 0 Å². The summed E-state index contributed by atoms with van der Waals surface area (Å²) in [5.74, 6) is -6.55. The van der Waals surface area contributed by atoms with Crippen molar-refractivity contribution in [2.45, 2.75) is 75.3 Å². The lowest BCUT2D eigenvalue weighted by molar-refractivity contribution is -0.134. The molecule has 0 aliphatic heterocycles. The molecule has 3 N–H and O–H groups in total. The van der Waals surface area contributed by atoms with E-state index in [-0.39, 0.29) is 49.0 Å². The minimum absolute atomic E-state index is 0.0658. The molecule has 10 heteroatoms. The van der Waals surface area contributed by atoms with Gasteiger partial charge in [-0.1, -0.05) is 0 Å². The first-order valence-corrected chi connectivity index (χ1v) is 12.1. The summed E-state index contributed by atoms with van der Waals surface area (Å²) >= 11 is 0. The normalized spacial score (nSPS) is 32.0. The van der Waals surface area contributed by atoms with E-state index in [0.717, 1.165) is 18.4 Å². The molecule has 5 atom stereocenters. The lowest BCUT2D eigenvalue weighted by Crippen LogP contribution is -2.41. The van der Waals surface area contributed by atoms with Crippen molar-refractivity contribution in [1.82, 2.24) is 19.9 Å². The number of hydrogen-bond acceptors (Lipinski definition) is 4. The second kappa shape index (κ2) is 7.15. The molecule has 0 spiro atoms. The number of nitrogens with two attached hydrogens (primary N) is 1. The van der Waals surface area contributed by atoms with Crippen molar-refractivity contribution < 1.29 is 22.4 Å². The Morgan fingerprint density at radius 1 is 1.26 bits per heavy atom. The molecule has 6 nitrogen and oxygen atoms in total. The molecule has 2 heterocycles. The highest BCUT2D eigenvalue weighted by Gasteiger charge is 2.72. The van der Waals surface area contributed by atoms with Crippen LogP contribution in [-0.2, 0) is 10.3 Å². The summed E-state index contributed by atoms with van der Waals surface area (Å²) in [6.07, 6.45) is 5.87. The fraction of sp³-hybridized carbons (Fsp3) is 0.708. The molecule has 2 aromatic heterocycles. The van der Waals surface area contributed by atoms with E-state index in [1.54, 1.807) is 16.9 Å². The zero-order valence-electron chi connectivity index (χ0n) is 19.0. The van der Waals surface area contributed by atoms with Crippen molar-refractivity contribution in [2.75, 3.05) is 0 Å². The van der Waals surface area contributed by atoms with Gasteiger partial charge in [0.15, 0.2) is 5.65 Å². The van der Waals surface area contributed by atoms with Crippen LogP contribution in [0.25, 0.3) is 5.65 Å². The van der Waals surface area contributed by atoms with Crippen LogP contribution < -0.4 is 11.1 Å². The number of carbonyl (C=O) groups excluding carboxylic acids is 1. The van der Waals surface area contributed by atoms with Gasteiger partial charge in [-0.2, -0.15) is 5.10 Å². The molecule has 34 heavy (non-hydrogen) atoms. The van der Waals surface area contributed by atoms with E-state index >= 15 is 0 Å². The van der Waals surface area contributed by atoms with Crippen LogP contribution in [0.3, 0.4) is 0 Å². The molecular weight excluding hydrogens is 450 g/mol. The van der Waals surface area contributed by atoms with Gasteiger partial charge in [0.25, 0.3) is 5.92 Å². The first kappa shape index (κ1) is 22.2. The van der Waals surface area contributed by atoms with Gasteiger partial charge in [-0.25, -0.2) is 27.1 Å². The van der Waals surface area contributed by atoms with E-state index in [9.17, 15) is 22.4 Å². The van der Waals surface area contributed by atoms with E-state index in [4.69, 9.17) is 5.73 Å². The van der Waals surface area contributed by atoms with E-state index in [0.29, 0.717) is 24.2 Å². The van der Waals surface area contributed by atoms with Crippen LogP contribution in [0.15, 0.2) is 18.5 Å². The molecule has 0 aromatic carbocycles. The monoisotopic (exact) mass is 479 g/mol. The molecule has 4 aliphatic rings. The number of imidazole rings is 1. The maximum Gasteiger partial charge on any atom is 0.254 e. The molecule has 2 aromatic rings. The zero-order chi connectivity index (χ0) is 24.0. The third kappa shape index (κ3) is 3.69. The third-order valence-corrected chi connectivity index (χ3v) is 8.60. The SMILES string of the molecule is CC(N)(c1cn2ncc([C@H](NC(=O)CC3CC(F)(F)C3)C3CC3)cc2n1)C1C[C@@H]2[C@H](C1)C2(F)F. The van der Waals surface area contributed by atoms with Gasteiger partial charge in [0, 0.05) is 31.1 Å². The zero-order valence-corrected chi connectivity index (χ0v) is 19.0. The van der Waals surface area contributed by atoms with Gasteiger partial charge < -0.3 is 11.1 Å². The minimum atomic E-state index is -2.63. The summed E-state index contributed by atoms with van der Waals surface area (Å²) in [6, 6.07) is 1.63. The number of nitrogens with zero attached hydrogens (tertiary/aromatic N) is 3. The Balaban J connectivity index is 1.17. The van der Waals surface area contributed by atoms with Crippen LogP contribution in [0.5, 0.6) is 0 Å². The van der Waals surface area contributed by atoms with Gasteiger partial charge in [0.1, 0.15) is 0 Å². The van der Waals surface area contributed by atoms with Crippen LogP contribution in [0.4, 0.5) is 17.6 Å². The van der Waals surface area contributed by atoms with Crippen molar-refractivity contribution in [3.8, 4) is 0 Å². The molecule has 0 saturated heterocycles. The molecule has 4 aliphatic carbocycles. The number of amides is 1. The highest BCUT2D eigenvalue weighted by atomic mass is 19.3. The van der Waals surface area contributed by atoms with Crippen molar-refractivity contribution in [3.05, 3.63) is 29.7 Å². The molecular formula is C24H29F4N5O. The summed E-state index contributed by atoms with van der Waals surface area (Å²) in [7, 11) is 0. The number of carbonyl (C=O) groups is 1. The van der Waals surface area contributed by atoms with Crippen LogP contribution in [0, 0.1) is 29.6 Å². The summed E-state index contributed by atoms with van der Waals surface area (Å²) in [4.78, 5) is 17.2. The maximum atomic E-state index is 13.6. The summed E-state index contributed by atoms with van der Waals surface area (Å²) < 4.78 is 55.1. The Morgan fingerprint density at radius 2 is 1.94 bits per heavy atom. The lowest BCUT2D eigenvalue weighted by Gasteiger charge is -2.34. The average Bonchev–Trinajstić information content (AvgIpc) is 3.48. The number of hydrogen-bond donors (Lipinski definition) is 2. The largest absolute Gasteiger partial charge is 0.349 e. The molecule has 2 unspecified atom stereocenters. The van der Waals surface area contributed by atoms with Gasteiger partial charge in [-0.05, 0) is 62.0 Å². The van der Waals surface area contributed by atoms with Gasteiger partial charge in [0.05, 0.1) is 29.7 Å². The fourth-order valence-corrected chi connectivity index (χ4v) is 6.16. The van der Waals surface area contributed by atoms with Crippen LogP contribution in [-0.4, -0.2) is 32.4 Å². The van der Waals surface area contributed by atoms with Crippen LogP contribution >= 0.6 is 0 Å². The molecule has 1 amide bonds. The Bertz CT molecular complexity index is 1120. The standard InChI is InChI=1S/C24H29F4N5O/c1-22(29,15-6-16-17(7-15)24(16,27)28)18-11-33-19(31-18)5-14(10-30-33)21(13-2-3-13)32-20(34)4-12-8-23(25,26)9-12/h5,10-13,15-17,21H,2-4,6-9,29H2,1H3,(H,32,34)/t15?,16-,17+,21-,22?/m1/s1. The molecule has 184 valence electrons. The smallest absolute Gasteiger partial charge is 0.254 e. The number of aromatic nitrogens is 3. The minimum Gasteiger partial charge on any atom is -0.349 e. The Kier molecular flexibility index (Phi) is 4.68. The molecule has 6 rings (SSSR count). The van der Waals surface area contributed by atoms with Gasteiger partial charge in [0.2, 0.25) is 11.8 Å². The number of alkyl halides is 4. The average molecular weight is 480 g/mol. The predicted octanol–water partition coefficient (Wildman–Crippen LogP) is 4.20. The fourth-order valence-electron chi connectivity index (χ4n) is 6.16. The third-order valence-electron chi connectivity index (χ3n) is 8.60. The Hall–Kier alpha value is -2.23. The summed E-state index contributed by atoms with van der Waals surface area (Å²) in [6.45, 7) is 1.85.